The molecular formula is C23H29N3O2S. The molecule has 1 N–H and O–H groups in total. The van der Waals surface area contributed by atoms with Gasteiger partial charge >= 0.3 is 0 Å². The van der Waals surface area contributed by atoms with Gasteiger partial charge < -0.3 is 10.1 Å². The number of methoxy groups -OCH3 is 1. The van der Waals surface area contributed by atoms with Gasteiger partial charge in [-0.3, -0.25) is 14.7 Å². The van der Waals surface area contributed by atoms with Crippen molar-refractivity contribution >= 4 is 23.7 Å². The third kappa shape index (κ3) is 5.84. The Kier molecular flexibility index (Phi) is 7.72. The first kappa shape index (κ1) is 21.4. The van der Waals surface area contributed by atoms with Crippen molar-refractivity contribution in [2.45, 2.75) is 26.4 Å². The second kappa shape index (κ2) is 10.5. The van der Waals surface area contributed by atoms with Crippen LogP contribution in [0.3, 0.4) is 0 Å². The number of rotatable bonds is 8. The van der Waals surface area contributed by atoms with Crippen LogP contribution in [0.25, 0.3) is 6.08 Å². The summed E-state index contributed by atoms with van der Waals surface area (Å²) in [6.07, 6.45) is 9.28. The molecule has 0 atom stereocenters. The highest BCUT2D eigenvalue weighted by Gasteiger charge is 2.20. The molecule has 0 aliphatic carbocycles. The van der Waals surface area contributed by atoms with Crippen LogP contribution < -0.4 is 10.1 Å². The lowest BCUT2D eigenvalue weighted by molar-refractivity contribution is -0.118. The lowest BCUT2D eigenvalue weighted by atomic mass is 9.95. The topological polar surface area (TPSA) is 54.5 Å². The van der Waals surface area contributed by atoms with Gasteiger partial charge in [0, 0.05) is 38.1 Å². The van der Waals surface area contributed by atoms with Crippen LogP contribution in [0, 0.1) is 6.92 Å². The fourth-order valence-electron chi connectivity index (χ4n) is 3.59. The number of hydrogen-bond donors (Lipinski definition) is 1. The summed E-state index contributed by atoms with van der Waals surface area (Å²) in [7, 11) is 1.68. The monoisotopic (exact) mass is 411 g/mol. The lowest BCUT2D eigenvalue weighted by Gasteiger charge is -2.29. The molecule has 29 heavy (non-hydrogen) atoms. The van der Waals surface area contributed by atoms with E-state index >= 15 is 0 Å². The molecule has 0 saturated heterocycles. The summed E-state index contributed by atoms with van der Waals surface area (Å²) in [5.74, 6) is 1.45. The van der Waals surface area contributed by atoms with Gasteiger partial charge in [-0.25, -0.2) is 0 Å². The number of pyridine rings is 1. The smallest absolute Gasteiger partial charge is 0.230 e. The minimum atomic E-state index is 0.0793. The Labute approximate surface area is 177 Å². The van der Waals surface area contributed by atoms with Crippen molar-refractivity contribution in [1.29, 1.82) is 0 Å². The number of fused-ring (bicyclic) bond motifs is 1. The molecule has 0 bridgehead atoms. The van der Waals surface area contributed by atoms with E-state index in [-0.39, 0.29) is 5.91 Å². The third-order valence-electron chi connectivity index (χ3n) is 5.20. The molecule has 0 radical (unpaired) electrons. The average Bonchev–Trinajstić information content (AvgIpc) is 2.74. The van der Waals surface area contributed by atoms with Crippen LogP contribution in [0.2, 0.25) is 0 Å². The molecule has 2 heterocycles. The number of aromatic nitrogens is 1. The number of benzene rings is 1. The van der Waals surface area contributed by atoms with Crippen molar-refractivity contribution in [2.75, 3.05) is 32.2 Å². The van der Waals surface area contributed by atoms with Crippen LogP contribution >= 0.6 is 11.8 Å². The van der Waals surface area contributed by atoms with Crippen LogP contribution in [0.5, 0.6) is 5.75 Å². The summed E-state index contributed by atoms with van der Waals surface area (Å²) in [6, 6.07) is 8.07. The molecule has 6 heteroatoms. The molecule has 2 aromatic rings. The fraction of sp³-hybridized carbons (Fsp3) is 0.391. The Hall–Kier alpha value is -2.31. The van der Waals surface area contributed by atoms with E-state index in [2.05, 4.69) is 39.5 Å². The first-order valence-corrected chi connectivity index (χ1v) is 11.2. The highest BCUT2D eigenvalue weighted by Crippen LogP contribution is 2.24. The molecule has 1 aromatic heterocycles. The van der Waals surface area contributed by atoms with Crippen LogP contribution in [0.1, 0.15) is 27.9 Å². The molecule has 0 fully saturated rings. The first-order chi connectivity index (χ1) is 14.1. The van der Waals surface area contributed by atoms with Crippen molar-refractivity contribution < 1.29 is 9.53 Å². The Morgan fingerprint density at radius 3 is 2.86 bits per heavy atom. The van der Waals surface area contributed by atoms with Gasteiger partial charge in [0.2, 0.25) is 5.91 Å². The number of amides is 1. The van der Waals surface area contributed by atoms with Gasteiger partial charge in [-0.15, -0.1) is 0 Å². The van der Waals surface area contributed by atoms with E-state index in [4.69, 9.17) is 4.74 Å². The third-order valence-corrected chi connectivity index (χ3v) is 5.75. The second-order valence-electron chi connectivity index (χ2n) is 7.20. The Balaban J connectivity index is 1.60. The Bertz CT molecular complexity index is 865. The maximum Gasteiger partial charge on any atom is 0.230 e. The number of aryl methyl sites for hydroxylation is 1. The molecule has 1 amide bonds. The maximum atomic E-state index is 11.8. The zero-order valence-electron chi connectivity index (χ0n) is 17.4. The predicted octanol–water partition coefficient (Wildman–Crippen LogP) is 3.45. The summed E-state index contributed by atoms with van der Waals surface area (Å²) in [6.45, 7) is 5.40. The van der Waals surface area contributed by atoms with Crippen molar-refractivity contribution in [1.82, 2.24) is 15.2 Å². The van der Waals surface area contributed by atoms with E-state index < -0.39 is 0 Å². The molecule has 5 nitrogen and oxygen atoms in total. The Morgan fingerprint density at radius 2 is 2.14 bits per heavy atom. The minimum Gasteiger partial charge on any atom is -0.497 e. The van der Waals surface area contributed by atoms with E-state index in [1.165, 1.54) is 34.0 Å². The molecule has 3 rings (SSSR count). The van der Waals surface area contributed by atoms with E-state index in [1.807, 2.05) is 31.5 Å². The number of thioether (sulfide) groups is 1. The van der Waals surface area contributed by atoms with Crippen molar-refractivity contribution in [3.63, 3.8) is 0 Å². The molecule has 1 aliphatic heterocycles. The SMILES string of the molecule is COc1ccc(/C=C/CN2CCc3c(cnc(C)c3CNC(=O)CSC)C2)cc1. The molecule has 154 valence electrons. The summed E-state index contributed by atoms with van der Waals surface area (Å²) >= 11 is 1.54. The van der Waals surface area contributed by atoms with E-state index in [9.17, 15) is 4.79 Å². The van der Waals surface area contributed by atoms with Crippen molar-refractivity contribution in [2.24, 2.45) is 0 Å². The van der Waals surface area contributed by atoms with Gasteiger partial charge in [0.25, 0.3) is 0 Å². The zero-order chi connectivity index (χ0) is 20.6. The van der Waals surface area contributed by atoms with Gasteiger partial charge in [0.05, 0.1) is 12.9 Å². The summed E-state index contributed by atoms with van der Waals surface area (Å²) in [5.41, 5.74) is 6.00. The number of carbonyl (C=O) groups is 1. The largest absolute Gasteiger partial charge is 0.497 e. The van der Waals surface area contributed by atoms with Crippen LogP contribution in [-0.4, -0.2) is 48.0 Å². The van der Waals surface area contributed by atoms with Crippen molar-refractivity contribution in [3.8, 4) is 5.75 Å². The normalized spacial score (nSPS) is 14.0. The first-order valence-electron chi connectivity index (χ1n) is 9.85. The number of carbonyl (C=O) groups excluding carboxylic acids is 1. The van der Waals surface area contributed by atoms with Crippen LogP contribution in [0.15, 0.2) is 36.5 Å². The average molecular weight is 412 g/mol. The molecule has 0 spiro atoms. The second-order valence-corrected chi connectivity index (χ2v) is 8.06. The fourth-order valence-corrected chi connectivity index (χ4v) is 3.96. The molecule has 0 unspecified atom stereocenters. The van der Waals surface area contributed by atoms with Crippen LogP contribution in [-0.2, 0) is 24.3 Å². The van der Waals surface area contributed by atoms with Gasteiger partial charge in [-0.2, -0.15) is 11.8 Å². The predicted molar refractivity (Wildman–Crippen MR) is 120 cm³/mol. The minimum absolute atomic E-state index is 0.0793. The standard InChI is InChI=1S/C23H29N3O2S/c1-17-22(14-25-23(27)16-29-3)21-10-12-26(15-19(21)13-24-17)11-4-5-18-6-8-20(28-2)9-7-18/h4-9,13H,10-12,14-16H2,1-3H3,(H,25,27)/b5-4+. The molecule has 1 aromatic carbocycles. The lowest BCUT2D eigenvalue weighted by Crippen LogP contribution is -2.33. The summed E-state index contributed by atoms with van der Waals surface area (Å²) in [4.78, 5) is 18.9. The quantitative estimate of drug-likeness (QED) is 0.721. The number of ether oxygens (including phenoxy) is 1. The van der Waals surface area contributed by atoms with Gasteiger partial charge in [0.15, 0.2) is 0 Å². The number of nitrogens with one attached hydrogen (secondary N) is 1. The number of hydrogen-bond acceptors (Lipinski definition) is 5. The summed E-state index contributed by atoms with van der Waals surface area (Å²) in [5, 5.41) is 3.03. The Morgan fingerprint density at radius 1 is 1.34 bits per heavy atom. The highest BCUT2D eigenvalue weighted by atomic mass is 32.2. The van der Waals surface area contributed by atoms with Gasteiger partial charge in [-0.1, -0.05) is 24.3 Å². The zero-order valence-corrected chi connectivity index (χ0v) is 18.2. The highest BCUT2D eigenvalue weighted by molar-refractivity contribution is 7.99. The van der Waals surface area contributed by atoms with E-state index in [0.717, 1.165) is 37.5 Å². The van der Waals surface area contributed by atoms with E-state index in [0.29, 0.717) is 12.3 Å². The molecule has 1 aliphatic rings. The maximum absolute atomic E-state index is 11.8. The van der Waals surface area contributed by atoms with Crippen LogP contribution in [0.4, 0.5) is 0 Å². The molecule has 0 saturated carbocycles. The molecular weight excluding hydrogens is 382 g/mol. The van der Waals surface area contributed by atoms with Gasteiger partial charge in [0.1, 0.15) is 5.75 Å². The summed E-state index contributed by atoms with van der Waals surface area (Å²) < 4.78 is 5.20. The van der Waals surface area contributed by atoms with Gasteiger partial charge in [-0.05, 0) is 54.0 Å². The van der Waals surface area contributed by atoms with E-state index in [1.54, 1.807) is 7.11 Å². The number of nitrogens with zero attached hydrogens (tertiary/aromatic N) is 2. The van der Waals surface area contributed by atoms with Crippen molar-refractivity contribution in [3.05, 3.63) is 64.5 Å².